The second-order valence-corrected chi connectivity index (χ2v) is 3.63. The first-order valence-electron chi connectivity index (χ1n) is 5.70. The SMILES string of the molecule is CCOC(=O)c1[nH]cnc1N=Nc1c(O)[nH]c(=O)[nH]c1=O. The molecule has 0 fully saturated rings. The molecule has 11 heteroatoms. The summed E-state index contributed by atoms with van der Waals surface area (Å²) in [6.07, 6.45) is 1.19. The molecule has 0 atom stereocenters. The van der Waals surface area contributed by atoms with Crippen LogP contribution < -0.4 is 11.2 Å². The molecule has 4 N–H and O–H groups in total. The normalized spacial score (nSPS) is 10.9. The van der Waals surface area contributed by atoms with E-state index in [1.807, 2.05) is 9.97 Å². The van der Waals surface area contributed by atoms with Gasteiger partial charge in [-0.1, -0.05) is 0 Å². The number of carbonyl (C=O) groups excluding carboxylic acids is 1. The van der Waals surface area contributed by atoms with E-state index in [1.165, 1.54) is 6.33 Å². The Balaban J connectivity index is 2.35. The van der Waals surface area contributed by atoms with E-state index in [-0.39, 0.29) is 18.1 Å². The number of esters is 1. The number of nitrogens with zero attached hydrogens (tertiary/aromatic N) is 3. The van der Waals surface area contributed by atoms with Gasteiger partial charge in [-0.15, -0.1) is 10.2 Å². The third-order valence-electron chi connectivity index (χ3n) is 2.24. The van der Waals surface area contributed by atoms with E-state index >= 15 is 0 Å². The Bertz CT molecular complexity index is 801. The third-order valence-corrected chi connectivity index (χ3v) is 2.24. The van der Waals surface area contributed by atoms with Crippen LogP contribution in [0.1, 0.15) is 17.4 Å². The summed E-state index contributed by atoms with van der Waals surface area (Å²) in [7, 11) is 0. The van der Waals surface area contributed by atoms with Gasteiger partial charge in [0.15, 0.2) is 5.69 Å². The molecular weight excluding hydrogens is 284 g/mol. The number of rotatable bonds is 4. The Hall–Kier alpha value is -3.24. The number of H-pyrrole nitrogens is 3. The fraction of sp³-hybridized carbons (Fsp3) is 0.200. The third kappa shape index (κ3) is 3.02. The van der Waals surface area contributed by atoms with Crippen molar-refractivity contribution in [2.45, 2.75) is 6.92 Å². The van der Waals surface area contributed by atoms with Crippen molar-refractivity contribution in [3.8, 4) is 5.88 Å². The summed E-state index contributed by atoms with van der Waals surface area (Å²) in [5, 5.41) is 16.4. The fourth-order valence-corrected chi connectivity index (χ4v) is 1.37. The molecule has 0 spiro atoms. The monoisotopic (exact) mass is 294 g/mol. The first-order chi connectivity index (χ1) is 10.0. The smallest absolute Gasteiger partial charge is 0.358 e. The highest BCUT2D eigenvalue weighted by molar-refractivity contribution is 5.91. The summed E-state index contributed by atoms with van der Waals surface area (Å²) >= 11 is 0. The number of hydrogen-bond acceptors (Lipinski definition) is 8. The molecule has 0 radical (unpaired) electrons. The highest BCUT2D eigenvalue weighted by Crippen LogP contribution is 2.21. The van der Waals surface area contributed by atoms with Gasteiger partial charge >= 0.3 is 11.7 Å². The summed E-state index contributed by atoms with van der Waals surface area (Å²) in [5.74, 6) is -1.57. The number of carbonyl (C=O) groups is 1. The van der Waals surface area contributed by atoms with Crippen LogP contribution in [-0.4, -0.2) is 37.6 Å². The number of aromatic hydroxyl groups is 1. The largest absolute Gasteiger partial charge is 0.493 e. The Morgan fingerprint density at radius 3 is 2.81 bits per heavy atom. The van der Waals surface area contributed by atoms with Crippen molar-refractivity contribution in [1.29, 1.82) is 0 Å². The zero-order valence-corrected chi connectivity index (χ0v) is 10.7. The lowest BCUT2D eigenvalue weighted by Gasteiger charge is -1.98. The molecule has 110 valence electrons. The average Bonchev–Trinajstić information content (AvgIpc) is 2.86. The van der Waals surface area contributed by atoms with Crippen LogP contribution in [0.25, 0.3) is 0 Å². The Kier molecular flexibility index (Phi) is 3.92. The number of imidazole rings is 1. The van der Waals surface area contributed by atoms with Crippen LogP contribution in [0.15, 0.2) is 26.1 Å². The average molecular weight is 294 g/mol. The van der Waals surface area contributed by atoms with Crippen molar-refractivity contribution in [2.75, 3.05) is 6.61 Å². The second-order valence-electron chi connectivity index (χ2n) is 3.63. The molecule has 0 amide bonds. The summed E-state index contributed by atoms with van der Waals surface area (Å²) in [4.78, 5) is 43.9. The second kappa shape index (κ2) is 5.81. The van der Waals surface area contributed by atoms with E-state index < -0.39 is 28.8 Å². The van der Waals surface area contributed by atoms with E-state index in [4.69, 9.17) is 4.74 Å². The molecule has 0 aliphatic carbocycles. The summed E-state index contributed by atoms with van der Waals surface area (Å²) in [5.41, 5.74) is -2.40. The maximum atomic E-state index is 11.6. The number of aromatic amines is 3. The molecule has 0 saturated heterocycles. The van der Waals surface area contributed by atoms with Gasteiger partial charge in [0.05, 0.1) is 12.9 Å². The number of aromatic nitrogens is 4. The van der Waals surface area contributed by atoms with Crippen LogP contribution in [-0.2, 0) is 4.74 Å². The molecule has 0 aliphatic rings. The van der Waals surface area contributed by atoms with Crippen LogP contribution >= 0.6 is 0 Å². The lowest BCUT2D eigenvalue weighted by molar-refractivity contribution is 0.0521. The first-order valence-corrected chi connectivity index (χ1v) is 5.70. The standard InChI is InChI=1S/C10H10N6O5/c1-2-21-9(19)4-6(12-3-11-4)16-15-5-7(17)13-10(20)14-8(5)18/h3H,2H2,1H3,(H,11,12)(H3,13,14,17,18,20). The van der Waals surface area contributed by atoms with E-state index in [2.05, 4.69) is 20.2 Å². The van der Waals surface area contributed by atoms with Gasteiger partial charge in [0, 0.05) is 0 Å². The minimum Gasteiger partial charge on any atom is -0.493 e. The van der Waals surface area contributed by atoms with Crippen LogP contribution in [0.4, 0.5) is 11.5 Å². The van der Waals surface area contributed by atoms with Gasteiger partial charge in [0.1, 0.15) is 0 Å². The van der Waals surface area contributed by atoms with Crippen LogP contribution in [0.5, 0.6) is 5.88 Å². The zero-order chi connectivity index (χ0) is 15.4. The van der Waals surface area contributed by atoms with Gasteiger partial charge in [0.2, 0.25) is 17.4 Å². The van der Waals surface area contributed by atoms with Gasteiger partial charge in [-0.25, -0.2) is 14.6 Å². The van der Waals surface area contributed by atoms with Crippen LogP contribution in [0.3, 0.4) is 0 Å². The van der Waals surface area contributed by atoms with Gasteiger partial charge < -0.3 is 14.8 Å². The molecule has 2 rings (SSSR count). The van der Waals surface area contributed by atoms with Crippen molar-refractivity contribution in [3.63, 3.8) is 0 Å². The molecular formula is C10H10N6O5. The van der Waals surface area contributed by atoms with Crippen molar-refractivity contribution in [2.24, 2.45) is 10.2 Å². The minimum absolute atomic E-state index is 0.0547. The van der Waals surface area contributed by atoms with E-state index in [0.717, 1.165) is 0 Å². The zero-order valence-electron chi connectivity index (χ0n) is 10.7. The van der Waals surface area contributed by atoms with Gasteiger partial charge in [-0.05, 0) is 6.92 Å². The highest BCUT2D eigenvalue weighted by atomic mass is 16.5. The molecule has 0 aromatic carbocycles. The number of nitrogens with one attached hydrogen (secondary N) is 3. The Morgan fingerprint density at radius 2 is 2.14 bits per heavy atom. The van der Waals surface area contributed by atoms with Gasteiger partial charge in [0.25, 0.3) is 5.56 Å². The molecule has 2 aromatic heterocycles. The Morgan fingerprint density at radius 1 is 1.38 bits per heavy atom. The maximum Gasteiger partial charge on any atom is 0.358 e. The van der Waals surface area contributed by atoms with Crippen molar-refractivity contribution in [1.82, 2.24) is 19.9 Å². The topological polar surface area (TPSA) is 166 Å². The quantitative estimate of drug-likeness (QED) is 0.460. The predicted molar refractivity (Wildman–Crippen MR) is 68.1 cm³/mol. The van der Waals surface area contributed by atoms with Crippen molar-refractivity contribution >= 4 is 17.5 Å². The summed E-state index contributed by atoms with van der Waals surface area (Å²) in [6, 6.07) is 0. The molecule has 0 bridgehead atoms. The van der Waals surface area contributed by atoms with Crippen molar-refractivity contribution in [3.05, 3.63) is 32.9 Å². The summed E-state index contributed by atoms with van der Waals surface area (Å²) < 4.78 is 4.77. The molecule has 21 heavy (non-hydrogen) atoms. The number of azo groups is 1. The molecule has 0 saturated carbocycles. The lowest BCUT2D eigenvalue weighted by atomic mass is 10.4. The predicted octanol–water partition coefficient (Wildman–Crippen LogP) is 0.0840. The number of hydrogen-bond donors (Lipinski definition) is 4. The molecule has 0 unspecified atom stereocenters. The van der Waals surface area contributed by atoms with Crippen LogP contribution in [0.2, 0.25) is 0 Å². The van der Waals surface area contributed by atoms with E-state index in [1.54, 1.807) is 6.92 Å². The van der Waals surface area contributed by atoms with Crippen molar-refractivity contribution < 1.29 is 14.6 Å². The lowest BCUT2D eigenvalue weighted by Crippen LogP contribution is -2.20. The minimum atomic E-state index is -0.937. The molecule has 0 aliphatic heterocycles. The summed E-state index contributed by atoms with van der Waals surface area (Å²) in [6.45, 7) is 1.79. The maximum absolute atomic E-state index is 11.6. The molecule has 2 heterocycles. The molecule has 11 nitrogen and oxygen atoms in total. The van der Waals surface area contributed by atoms with E-state index in [9.17, 15) is 19.5 Å². The van der Waals surface area contributed by atoms with E-state index in [0.29, 0.717) is 0 Å². The fourth-order valence-electron chi connectivity index (χ4n) is 1.37. The van der Waals surface area contributed by atoms with Gasteiger partial charge in [-0.2, -0.15) is 0 Å². The highest BCUT2D eigenvalue weighted by Gasteiger charge is 2.16. The van der Waals surface area contributed by atoms with Crippen LogP contribution in [0, 0.1) is 0 Å². The number of ether oxygens (including phenoxy) is 1. The Labute approximate surface area is 115 Å². The van der Waals surface area contributed by atoms with Gasteiger partial charge in [-0.3, -0.25) is 14.8 Å². The first kappa shape index (κ1) is 14.2. The molecule has 2 aromatic rings.